The summed E-state index contributed by atoms with van der Waals surface area (Å²) in [5.41, 5.74) is 6.95. The van der Waals surface area contributed by atoms with Crippen LogP contribution in [0.2, 0.25) is 0 Å². The van der Waals surface area contributed by atoms with Gasteiger partial charge in [-0.25, -0.2) is 15.0 Å². The number of pyridine rings is 1. The second kappa shape index (κ2) is 12.9. The van der Waals surface area contributed by atoms with E-state index < -0.39 is 0 Å². The number of aliphatic imine (C=N–C) groups is 2. The Morgan fingerprint density at radius 2 is 1.32 bits per heavy atom. The average Bonchev–Trinajstić information content (AvgIpc) is 3.84. The van der Waals surface area contributed by atoms with Crippen LogP contribution in [0.3, 0.4) is 0 Å². The molecule has 11 rings (SSSR count). The Morgan fingerprint density at radius 3 is 2.23 bits per heavy atom. The first-order chi connectivity index (χ1) is 27.7. The molecule has 0 aliphatic carbocycles. The molecule has 3 heterocycles. The Hall–Kier alpha value is -7.28. The monoisotopic (exact) mass is 734 g/mol. The van der Waals surface area contributed by atoms with Gasteiger partial charge in [0.15, 0.2) is 11.7 Å². The summed E-state index contributed by atoms with van der Waals surface area (Å²) >= 11 is 1.78. The van der Waals surface area contributed by atoms with Gasteiger partial charge in [0.2, 0.25) is 0 Å². The van der Waals surface area contributed by atoms with Crippen molar-refractivity contribution in [3.8, 4) is 11.3 Å². The van der Waals surface area contributed by atoms with E-state index in [1.54, 1.807) is 11.3 Å². The van der Waals surface area contributed by atoms with E-state index in [1.165, 1.54) is 14.8 Å². The normalized spacial score (nSPS) is 12.4. The fraction of sp³-hybridized carbons (Fsp3) is 0. The van der Waals surface area contributed by atoms with Crippen LogP contribution in [0, 0.1) is 5.41 Å². The van der Waals surface area contributed by atoms with E-state index in [4.69, 9.17) is 19.4 Å². The molecule has 0 radical (unpaired) electrons. The molecular weight excluding hydrogens is 705 g/mol. The van der Waals surface area contributed by atoms with Gasteiger partial charge in [-0.15, -0.1) is 11.3 Å². The zero-order chi connectivity index (χ0) is 37.2. The maximum Gasteiger partial charge on any atom is 0.161 e. The molecule has 0 aliphatic rings. The summed E-state index contributed by atoms with van der Waals surface area (Å²) in [6, 6.07) is 57.9. The van der Waals surface area contributed by atoms with Gasteiger partial charge in [-0.05, 0) is 65.4 Å². The minimum Gasteiger partial charge on any atom is -0.456 e. The van der Waals surface area contributed by atoms with Crippen molar-refractivity contribution in [1.82, 2.24) is 4.98 Å². The SMILES string of the molecule is N=C(N=C(N=Cc1cccc2sc3ccccc3c12)c1ccc2nc(-c3ccccc3)c3ccc4oc5ccccc5c4c3c2c1)c1ccc2ccccc2c1. The number of hydrogen-bond acceptors (Lipinski definition) is 4. The first-order valence-electron chi connectivity index (χ1n) is 18.5. The summed E-state index contributed by atoms with van der Waals surface area (Å²) in [5, 5.41) is 19.0. The largest absolute Gasteiger partial charge is 0.456 e. The lowest BCUT2D eigenvalue weighted by Gasteiger charge is -2.13. The smallest absolute Gasteiger partial charge is 0.161 e. The number of aromatic nitrogens is 1. The van der Waals surface area contributed by atoms with E-state index >= 15 is 0 Å². The quantitative estimate of drug-likeness (QED) is 0.111. The number of amidine groups is 2. The third-order valence-electron chi connectivity index (χ3n) is 10.6. The van der Waals surface area contributed by atoms with E-state index in [0.29, 0.717) is 11.4 Å². The van der Waals surface area contributed by atoms with Gasteiger partial charge in [0.1, 0.15) is 11.2 Å². The van der Waals surface area contributed by atoms with Crippen molar-refractivity contribution in [2.45, 2.75) is 0 Å². The lowest BCUT2D eigenvalue weighted by Crippen LogP contribution is -2.05. The van der Waals surface area contributed by atoms with E-state index in [2.05, 4.69) is 103 Å². The highest BCUT2D eigenvalue weighted by molar-refractivity contribution is 7.25. The Morgan fingerprint density at radius 1 is 0.554 bits per heavy atom. The van der Waals surface area contributed by atoms with Gasteiger partial charge in [-0.3, -0.25) is 5.41 Å². The van der Waals surface area contributed by atoms with Crippen LogP contribution in [-0.4, -0.2) is 22.9 Å². The van der Waals surface area contributed by atoms with Crippen LogP contribution < -0.4 is 0 Å². The van der Waals surface area contributed by atoms with Gasteiger partial charge in [-0.1, -0.05) is 115 Å². The molecule has 6 heteroatoms. The van der Waals surface area contributed by atoms with Crippen molar-refractivity contribution in [3.63, 3.8) is 0 Å². The standard InChI is InChI=1S/C50H30N4OS/c51-49(33-22-21-30-11-4-5-14-32(30)27-33)54-50(52-29-35-15-10-20-44-45(35)37-17-7-9-19-43(37)56-44)34-23-25-40-39(28-34)46-38(48(53-40)31-12-2-1-3-13-31)24-26-42-47(46)36-16-6-8-18-41(36)55-42/h1-29,51H. The predicted octanol–water partition coefficient (Wildman–Crippen LogP) is 13.4. The third kappa shape index (κ3) is 5.30. The maximum atomic E-state index is 9.29. The van der Waals surface area contributed by atoms with Gasteiger partial charge >= 0.3 is 0 Å². The molecule has 1 N–H and O–H groups in total. The topological polar surface area (TPSA) is 74.6 Å². The number of para-hydroxylation sites is 1. The number of hydrogen-bond donors (Lipinski definition) is 1. The van der Waals surface area contributed by atoms with Crippen LogP contribution in [0.1, 0.15) is 16.7 Å². The molecule has 0 saturated carbocycles. The molecule has 56 heavy (non-hydrogen) atoms. The lowest BCUT2D eigenvalue weighted by atomic mass is 9.95. The summed E-state index contributed by atoms with van der Waals surface area (Å²) in [7, 11) is 0. The Labute approximate surface area is 325 Å². The van der Waals surface area contributed by atoms with Gasteiger partial charge in [0, 0.05) is 75.6 Å². The lowest BCUT2D eigenvalue weighted by molar-refractivity contribution is 0.669. The molecular formula is C50H30N4OS. The second-order valence-electron chi connectivity index (χ2n) is 13.9. The highest BCUT2D eigenvalue weighted by Gasteiger charge is 2.19. The highest BCUT2D eigenvalue weighted by Crippen LogP contribution is 2.41. The number of thiophene rings is 1. The summed E-state index contributed by atoms with van der Waals surface area (Å²) in [6.45, 7) is 0. The van der Waals surface area contributed by atoms with Crippen molar-refractivity contribution in [2.24, 2.45) is 9.98 Å². The van der Waals surface area contributed by atoms with Crippen molar-refractivity contribution in [3.05, 3.63) is 187 Å². The second-order valence-corrected chi connectivity index (χ2v) is 15.0. The van der Waals surface area contributed by atoms with Crippen LogP contribution in [0.15, 0.2) is 184 Å². The molecule has 5 nitrogen and oxygen atoms in total. The average molecular weight is 735 g/mol. The molecule has 0 bridgehead atoms. The summed E-state index contributed by atoms with van der Waals surface area (Å²) in [4.78, 5) is 15.4. The van der Waals surface area contributed by atoms with Gasteiger partial charge in [-0.2, -0.15) is 0 Å². The molecule has 0 unspecified atom stereocenters. The summed E-state index contributed by atoms with van der Waals surface area (Å²) < 4.78 is 8.85. The van der Waals surface area contributed by atoms with Gasteiger partial charge in [0.05, 0.1) is 11.2 Å². The number of benzene rings is 8. The molecule has 0 fully saturated rings. The fourth-order valence-corrected chi connectivity index (χ4v) is 9.12. The number of furan rings is 1. The van der Waals surface area contributed by atoms with Gasteiger partial charge < -0.3 is 4.42 Å². The van der Waals surface area contributed by atoms with E-state index in [0.717, 1.165) is 82.2 Å². The zero-order valence-electron chi connectivity index (χ0n) is 29.9. The first kappa shape index (κ1) is 32.2. The van der Waals surface area contributed by atoms with E-state index in [9.17, 15) is 5.41 Å². The number of rotatable bonds is 4. The van der Waals surface area contributed by atoms with E-state index in [-0.39, 0.29) is 5.84 Å². The molecule has 11 aromatic rings. The maximum absolute atomic E-state index is 9.29. The number of nitrogens with one attached hydrogen (secondary N) is 1. The predicted molar refractivity (Wildman–Crippen MR) is 236 cm³/mol. The molecule has 0 aliphatic heterocycles. The van der Waals surface area contributed by atoms with E-state index in [1.807, 2.05) is 72.9 Å². The molecule has 3 aromatic heterocycles. The van der Waals surface area contributed by atoms with Crippen LogP contribution in [0.25, 0.3) is 85.8 Å². The van der Waals surface area contributed by atoms with Crippen molar-refractivity contribution < 1.29 is 4.42 Å². The van der Waals surface area contributed by atoms with Crippen molar-refractivity contribution in [2.75, 3.05) is 0 Å². The Kier molecular flexibility index (Phi) is 7.43. The minimum absolute atomic E-state index is 0.132. The fourth-order valence-electron chi connectivity index (χ4n) is 7.98. The first-order valence-corrected chi connectivity index (χ1v) is 19.3. The zero-order valence-corrected chi connectivity index (χ0v) is 30.7. The molecule has 0 atom stereocenters. The Balaban J connectivity index is 1.16. The van der Waals surface area contributed by atoms with Crippen LogP contribution in [-0.2, 0) is 0 Å². The molecule has 0 spiro atoms. The van der Waals surface area contributed by atoms with Crippen molar-refractivity contribution >= 4 is 104 Å². The van der Waals surface area contributed by atoms with Crippen molar-refractivity contribution in [1.29, 1.82) is 5.41 Å². The molecule has 8 aromatic carbocycles. The Bertz CT molecular complexity index is 3450. The minimum atomic E-state index is 0.132. The number of nitrogens with zero attached hydrogens (tertiary/aromatic N) is 3. The number of fused-ring (bicyclic) bond motifs is 11. The van der Waals surface area contributed by atoms with Crippen LogP contribution in [0.4, 0.5) is 0 Å². The highest BCUT2D eigenvalue weighted by atomic mass is 32.1. The van der Waals surface area contributed by atoms with Crippen LogP contribution in [0.5, 0.6) is 0 Å². The molecule has 0 amide bonds. The summed E-state index contributed by atoms with van der Waals surface area (Å²) in [5.74, 6) is 0.568. The molecule has 0 saturated heterocycles. The molecule has 262 valence electrons. The summed E-state index contributed by atoms with van der Waals surface area (Å²) in [6.07, 6.45) is 1.90. The van der Waals surface area contributed by atoms with Crippen LogP contribution >= 0.6 is 11.3 Å². The third-order valence-corrected chi connectivity index (χ3v) is 11.7. The van der Waals surface area contributed by atoms with Gasteiger partial charge in [0.25, 0.3) is 0 Å².